The lowest BCUT2D eigenvalue weighted by Crippen LogP contribution is -2.31. The lowest BCUT2D eigenvalue weighted by atomic mass is 10.1. The highest BCUT2D eigenvalue weighted by atomic mass is 19.4. The average molecular weight is 259 g/mol. The van der Waals surface area contributed by atoms with E-state index in [4.69, 9.17) is 0 Å². The minimum atomic E-state index is -4.32. The van der Waals surface area contributed by atoms with Crippen LogP contribution in [0.2, 0.25) is 0 Å². The molecule has 2 heterocycles. The maximum Gasteiger partial charge on any atom is 0.417 e. The summed E-state index contributed by atoms with van der Waals surface area (Å²) in [4.78, 5) is 3.81. The van der Waals surface area contributed by atoms with E-state index in [1.807, 2.05) is 0 Å². The Labute approximate surface area is 104 Å². The fourth-order valence-corrected chi connectivity index (χ4v) is 2.00. The molecule has 0 radical (unpaired) electrons. The van der Waals surface area contributed by atoms with E-state index in [-0.39, 0.29) is 6.04 Å². The standard InChI is InChI=1S/C12H16F3N3/c13-12(14,15)9-4-5-11(17-7-9)18-10-3-1-2-6-16-8-10/h4-5,7,10,16H,1-3,6,8H2,(H,17,18). The van der Waals surface area contributed by atoms with Gasteiger partial charge >= 0.3 is 6.18 Å². The molecule has 1 aromatic rings. The molecule has 0 bridgehead atoms. The number of hydrogen-bond donors (Lipinski definition) is 2. The topological polar surface area (TPSA) is 37.0 Å². The number of alkyl halides is 3. The molecule has 0 aliphatic carbocycles. The monoisotopic (exact) mass is 259 g/mol. The van der Waals surface area contributed by atoms with Gasteiger partial charge in [0, 0.05) is 18.8 Å². The van der Waals surface area contributed by atoms with Crippen molar-refractivity contribution in [1.82, 2.24) is 10.3 Å². The van der Waals surface area contributed by atoms with Gasteiger partial charge in [0.15, 0.2) is 0 Å². The zero-order chi connectivity index (χ0) is 13.0. The van der Waals surface area contributed by atoms with Gasteiger partial charge in [-0.25, -0.2) is 4.98 Å². The summed E-state index contributed by atoms with van der Waals surface area (Å²) >= 11 is 0. The molecule has 1 aromatic heterocycles. The van der Waals surface area contributed by atoms with Crippen LogP contribution in [0.5, 0.6) is 0 Å². The highest BCUT2D eigenvalue weighted by Gasteiger charge is 2.30. The summed E-state index contributed by atoms with van der Waals surface area (Å²) in [6.07, 6.45) is -0.193. The van der Waals surface area contributed by atoms with Crippen molar-refractivity contribution >= 4 is 5.82 Å². The maximum atomic E-state index is 12.4. The predicted molar refractivity (Wildman–Crippen MR) is 63.4 cm³/mol. The van der Waals surface area contributed by atoms with Gasteiger partial charge in [-0.15, -0.1) is 0 Å². The van der Waals surface area contributed by atoms with Crippen LogP contribution in [0, 0.1) is 0 Å². The van der Waals surface area contributed by atoms with E-state index in [2.05, 4.69) is 15.6 Å². The van der Waals surface area contributed by atoms with Gasteiger partial charge in [0.1, 0.15) is 5.82 Å². The van der Waals surface area contributed by atoms with E-state index < -0.39 is 11.7 Å². The van der Waals surface area contributed by atoms with E-state index in [1.165, 1.54) is 6.07 Å². The van der Waals surface area contributed by atoms with Crippen LogP contribution in [0.15, 0.2) is 18.3 Å². The summed E-state index contributed by atoms with van der Waals surface area (Å²) in [6, 6.07) is 2.67. The highest BCUT2D eigenvalue weighted by Crippen LogP contribution is 2.28. The van der Waals surface area contributed by atoms with Gasteiger partial charge in [0.2, 0.25) is 0 Å². The molecule has 18 heavy (non-hydrogen) atoms. The maximum absolute atomic E-state index is 12.4. The number of halogens is 3. The number of rotatable bonds is 2. The largest absolute Gasteiger partial charge is 0.417 e. The molecule has 0 amide bonds. The van der Waals surface area contributed by atoms with E-state index >= 15 is 0 Å². The van der Waals surface area contributed by atoms with Crippen molar-refractivity contribution in [3.8, 4) is 0 Å². The molecule has 2 N–H and O–H groups in total. The number of pyridine rings is 1. The van der Waals surface area contributed by atoms with Crippen LogP contribution in [0.3, 0.4) is 0 Å². The Balaban J connectivity index is 1.97. The van der Waals surface area contributed by atoms with E-state index in [0.29, 0.717) is 5.82 Å². The Morgan fingerprint density at radius 3 is 2.78 bits per heavy atom. The van der Waals surface area contributed by atoms with E-state index in [0.717, 1.165) is 44.6 Å². The van der Waals surface area contributed by atoms with Crippen molar-refractivity contribution < 1.29 is 13.2 Å². The van der Waals surface area contributed by atoms with Crippen molar-refractivity contribution in [2.75, 3.05) is 18.4 Å². The number of hydrogen-bond acceptors (Lipinski definition) is 3. The third kappa shape index (κ3) is 3.60. The zero-order valence-corrected chi connectivity index (χ0v) is 9.93. The molecule has 1 aliphatic rings. The van der Waals surface area contributed by atoms with Gasteiger partial charge in [-0.1, -0.05) is 6.42 Å². The van der Waals surface area contributed by atoms with Crippen LogP contribution in [0.4, 0.5) is 19.0 Å². The van der Waals surface area contributed by atoms with Crippen LogP contribution >= 0.6 is 0 Å². The molecule has 0 saturated carbocycles. The SMILES string of the molecule is FC(F)(F)c1ccc(NC2CCCCNC2)nc1. The lowest BCUT2D eigenvalue weighted by Gasteiger charge is -2.17. The Kier molecular flexibility index (Phi) is 4.06. The molecule has 3 nitrogen and oxygen atoms in total. The van der Waals surface area contributed by atoms with Crippen LogP contribution in [-0.4, -0.2) is 24.1 Å². The first-order chi connectivity index (χ1) is 8.55. The minimum Gasteiger partial charge on any atom is -0.366 e. The van der Waals surface area contributed by atoms with Crippen molar-refractivity contribution in [2.45, 2.75) is 31.5 Å². The summed E-state index contributed by atoms with van der Waals surface area (Å²) in [5.74, 6) is 0.497. The van der Waals surface area contributed by atoms with Gasteiger partial charge in [0.25, 0.3) is 0 Å². The molecular formula is C12H16F3N3. The second-order valence-corrected chi connectivity index (χ2v) is 4.47. The minimum absolute atomic E-state index is 0.233. The molecule has 1 unspecified atom stereocenters. The smallest absolute Gasteiger partial charge is 0.366 e. The summed E-state index contributed by atoms with van der Waals surface area (Å²) < 4.78 is 37.1. The molecule has 0 spiro atoms. The first-order valence-electron chi connectivity index (χ1n) is 6.06. The van der Waals surface area contributed by atoms with Crippen LogP contribution in [0.25, 0.3) is 0 Å². The number of anilines is 1. The summed E-state index contributed by atoms with van der Waals surface area (Å²) in [7, 11) is 0. The van der Waals surface area contributed by atoms with Gasteiger partial charge in [-0.05, 0) is 31.5 Å². The Hall–Kier alpha value is -1.30. The first kappa shape index (κ1) is 13.1. The number of nitrogens with one attached hydrogen (secondary N) is 2. The summed E-state index contributed by atoms with van der Waals surface area (Å²) in [6.45, 7) is 1.82. The predicted octanol–water partition coefficient (Wildman–Crippen LogP) is 2.65. The highest BCUT2D eigenvalue weighted by molar-refractivity contribution is 5.37. The second-order valence-electron chi connectivity index (χ2n) is 4.47. The van der Waals surface area contributed by atoms with Gasteiger partial charge in [-0.2, -0.15) is 13.2 Å². The van der Waals surface area contributed by atoms with Crippen molar-refractivity contribution in [2.24, 2.45) is 0 Å². The molecule has 100 valence electrons. The summed E-state index contributed by atoms with van der Waals surface area (Å²) in [5.41, 5.74) is -0.716. The van der Waals surface area contributed by atoms with Gasteiger partial charge in [-0.3, -0.25) is 0 Å². The van der Waals surface area contributed by atoms with Crippen LogP contribution < -0.4 is 10.6 Å². The Morgan fingerprint density at radius 1 is 1.28 bits per heavy atom. The normalized spacial score (nSPS) is 21.4. The van der Waals surface area contributed by atoms with Crippen molar-refractivity contribution in [3.63, 3.8) is 0 Å². The Bertz CT molecular complexity index is 367. The molecule has 0 aromatic carbocycles. The first-order valence-corrected chi connectivity index (χ1v) is 6.06. The molecule has 1 fully saturated rings. The zero-order valence-electron chi connectivity index (χ0n) is 9.93. The number of aromatic nitrogens is 1. The van der Waals surface area contributed by atoms with E-state index in [9.17, 15) is 13.2 Å². The van der Waals surface area contributed by atoms with E-state index in [1.54, 1.807) is 0 Å². The third-order valence-electron chi connectivity index (χ3n) is 2.99. The molecule has 1 aliphatic heterocycles. The third-order valence-corrected chi connectivity index (χ3v) is 2.99. The number of nitrogens with zero attached hydrogens (tertiary/aromatic N) is 1. The second kappa shape index (κ2) is 5.56. The molecule has 1 atom stereocenters. The van der Waals surface area contributed by atoms with Gasteiger partial charge < -0.3 is 10.6 Å². The van der Waals surface area contributed by atoms with Crippen LogP contribution in [-0.2, 0) is 6.18 Å². The van der Waals surface area contributed by atoms with Crippen molar-refractivity contribution in [3.05, 3.63) is 23.9 Å². The lowest BCUT2D eigenvalue weighted by molar-refractivity contribution is -0.137. The molecule has 1 saturated heterocycles. The fraction of sp³-hybridized carbons (Fsp3) is 0.583. The molecule has 2 rings (SSSR count). The Morgan fingerprint density at radius 2 is 2.11 bits per heavy atom. The van der Waals surface area contributed by atoms with Gasteiger partial charge in [0.05, 0.1) is 5.56 Å². The van der Waals surface area contributed by atoms with Crippen molar-refractivity contribution in [1.29, 1.82) is 0 Å². The fourth-order valence-electron chi connectivity index (χ4n) is 2.00. The molecular weight excluding hydrogens is 243 g/mol. The molecule has 6 heteroatoms. The summed E-state index contributed by atoms with van der Waals surface area (Å²) in [5, 5.41) is 6.44. The average Bonchev–Trinajstić information content (AvgIpc) is 2.57. The quantitative estimate of drug-likeness (QED) is 0.857. The van der Waals surface area contributed by atoms with Crippen LogP contribution in [0.1, 0.15) is 24.8 Å².